The van der Waals surface area contributed by atoms with Gasteiger partial charge in [-0.15, -0.1) is 0 Å². The number of ether oxygens (including phenoxy) is 1. The van der Waals surface area contributed by atoms with Crippen molar-refractivity contribution in [1.29, 1.82) is 0 Å². The smallest absolute Gasteiger partial charge is 0.221 e. The molecule has 0 bridgehead atoms. The molecule has 1 saturated heterocycles. The van der Waals surface area contributed by atoms with E-state index in [1.807, 2.05) is 19.1 Å². The van der Waals surface area contributed by atoms with Crippen LogP contribution in [0.3, 0.4) is 0 Å². The molecule has 0 saturated carbocycles. The third kappa shape index (κ3) is 5.75. The van der Waals surface area contributed by atoms with Gasteiger partial charge in [0.2, 0.25) is 5.91 Å². The minimum absolute atomic E-state index is 0.00223. The van der Waals surface area contributed by atoms with E-state index in [4.69, 9.17) is 10.5 Å². The number of hydrogen-bond donors (Lipinski definition) is 2. The SMILES string of the molecule is CC(N)CC(=O)NCc1cccc(CN2CCOC(C)C2)c1. The minimum Gasteiger partial charge on any atom is -0.376 e. The van der Waals surface area contributed by atoms with Gasteiger partial charge in [-0.2, -0.15) is 0 Å². The maximum atomic E-state index is 11.7. The molecule has 1 aromatic rings. The Morgan fingerprint density at radius 2 is 2.27 bits per heavy atom. The van der Waals surface area contributed by atoms with Crippen molar-refractivity contribution in [3.63, 3.8) is 0 Å². The fourth-order valence-corrected chi connectivity index (χ4v) is 2.70. The Labute approximate surface area is 132 Å². The van der Waals surface area contributed by atoms with Gasteiger partial charge < -0.3 is 15.8 Å². The number of benzene rings is 1. The molecule has 1 heterocycles. The van der Waals surface area contributed by atoms with Gasteiger partial charge >= 0.3 is 0 Å². The van der Waals surface area contributed by atoms with E-state index in [1.165, 1.54) is 5.56 Å². The molecule has 5 heteroatoms. The van der Waals surface area contributed by atoms with Crippen molar-refractivity contribution in [3.8, 4) is 0 Å². The van der Waals surface area contributed by atoms with Gasteiger partial charge in [-0.05, 0) is 25.0 Å². The molecule has 2 rings (SSSR count). The lowest BCUT2D eigenvalue weighted by Crippen LogP contribution is -2.40. The second-order valence-corrected chi connectivity index (χ2v) is 6.19. The Kier molecular flexibility index (Phi) is 6.36. The highest BCUT2D eigenvalue weighted by atomic mass is 16.5. The number of carbonyl (C=O) groups is 1. The third-order valence-electron chi connectivity index (χ3n) is 3.72. The molecule has 1 aliphatic rings. The van der Waals surface area contributed by atoms with E-state index in [9.17, 15) is 4.79 Å². The lowest BCUT2D eigenvalue weighted by molar-refractivity contribution is -0.121. The van der Waals surface area contributed by atoms with Crippen LogP contribution in [0.15, 0.2) is 24.3 Å². The first kappa shape index (κ1) is 16.9. The Morgan fingerprint density at radius 1 is 1.50 bits per heavy atom. The highest BCUT2D eigenvalue weighted by Crippen LogP contribution is 2.12. The van der Waals surface area contributed by atoms with Gasteiger partial charge in [-0.1, -0.05) is 24.3 Å². The van der Waals surface area contributed by atoms with E-state index in [0.717, 1.165) is 31.8 Å². The number of hydrogen-bond acceptors (Lipinski definition) is 4. The summed E-state index contributed by atoms with van der Waals surface area (Å²) in [6.07, 6.45) is 0.667. The highest BCUT2D eigenvalue weighted by molar-refractivity contribution is 5.76. The summed E-state index contributed by atoms with van der Waals surface area (Å²) in [6, 6.07) is 8.28. The first-order valence-electron chi connectivity index (χ1n) is 7.97. The van der Waals surface area contributed by atoms with Crippen LogP contribution in [0.4, 0.5) is 0 Å². The summed E-state index contributed by atoms with van der Waals surface area (Å²) < 4.78 is 5.57. The van der Waals surface area contributed by atoms with Crippen molar-refractivity contribution < 1.29 is 9.53 Å². The predicted octanol–water partition coefficient (Wildman–Crippen LogP) is 1.26. The Morgan fingerprint density at radius 3 is 3.00 bits per heavy atom. The van der Waals surface area contributed by atoms with Gasteiger partial charge in [-0.3, -0.25) is 9.69 Å². The molecular formula is C17H27N3O2. The fourth-order valence-electron chi connectivity index (χ4n) is 2.70. The van der Waals surface area contributed by atoms with Gasteiger partial charge in [0.05, 0.1) is 12.7 Å². The van der Waals surface area contributed by atoms with Crippen LogP contribution in [0.1, 0.15) is 31.4 Å². The van der Waals surface area contributed by atoms with Crippen LogP contribution in [0.25, 0.3) is 0 Å². The molecule has 1 fully saturated rings. The maximum absolute atomic E-state index is 11.7. The lowest BCUT2D eigenvalue weighted by atomic mass is 10.1. The van der Waals surface area contributed by atoms with Crippen LogP contribution < -0.4 is 11.1 Å². The molecule has 0 radical (unpaired) electrons. The minimum atomic E-state index is -0.102. The highest BCUT2D eigenvalue weighted by Gasteiger charge is 2.16. The normalized spacial score (nSPS) is 20.6. The molecule has 3 N–H and O–H groups in total. The van der Waals surface area contributed by atoms with Crippen molar-refractivity contribution in [1.82, 2.24) is 10.2 Å². The quantitative estimate of drug-likeness (QED) is 0.830. The fraction of sp³-hybridized carbons (Fsp3) is 0.588. The summed E-state index contributed by atoms with van der Waals surface area (Å²) in [4.78, 5) is 14.1. The number of rotatable bonds is 6. The van der Waals surface area contributed by atoms with Crippen molar-refractivity contribution in [3.05, 3.63) is 35.4 Å². The Hall–Kier alpha value is -1.43. The van der Waals surface area contributed by atoms with E-state index in [0.29, 0.717) is 19.1 Å². The monoisotopic (exact) mass is 305 g/mol. The summed E-state index contributed by atoms with van der Waals surface area (Å²) in [7, 11) is 0. The molecule has 5 nitrogen and oxygen atoms in total. The van der Waals surface area contributed by atoms with E-state index >= 15 is 0 Å². The largest absolute Gasteiger partial charge is 0.376 e. The van der Waals surface area contributed by atoms with E-state index < -0.39 is 0 Å². The number of carbonyl (C=O) groups excluding carboxylic acids is 1. The molecule has 1 aliphatic heterocycles. The summed E-state index contributed by atoms with van der Waals surface area (Å²) in [5.74, 6) is 0.00223. The van der Waals surface area contributed by atoms with E-state index in [-0.39, 0.29) is 11.9 Å². The first-order chi connectivity index (χ1) is 10.5. The molecular weight excluding hydrogens is 278 g/mol. The summed E-state index contributed by atoms with van der Waals surface area (Å²) in [5.41, 5.74) is 8.02. The van der Waals surface area contributed by atoms with Gasteiger partial charge in [0.1, 0.15) is 0 Å². The molecule has 0 aromatic heterocycles. The molecule has 0 aliphatic carbocycles. The van der Waals surface area contributed by atoms with Crippen LogP contribution >= 0.6 is 0 Å². The average molecular weight is 305 g/mol. The summed E-state index contributed by atoms with van der Waals surface area (Å²) in [6.45, 7) is 8.16. The number of nitrogens with two attached hydrogens (primary N) is 1. The Bertz CT molecular complexity index is 491. The van der Waals surface area contributed by atoms with E-state index in [1.54, 1.807) is 0 Å². The molecule has 1 aromatic carbocycles. The first-order valence-corrected chi connectivity index (χ1v) is 7.97. The van der Waals surface area contributed by atoms with Crippen molar-refractivity contribution >= 4 is 5.91 Å². The number of nitrogens with one attached hydrogen (secondary N) is 1. The predicted molar refractivity (Wildman–Crippen MR) is 87.2 cm³/mol. The summed E-state index contributed by atoms with van der Waals surface area (Å²) in [5, 5.41) is 2.92. The van der Waals surface area contributed by atoms with E-state index in [2.05, 4.69) is 29.3 Å². The zero-order valence-corrected chi connectivity index (χ0v) is 13.5. The maximum Gasteiger partial charge on any atom is 0.221 e. The van der Waals surface area contributed by atoms with Gasteiger partial charge in [0, 0.05) is 38.6 Å². The van der Waals surface area contributed by atoms with Crippen LogP contribution in [0, 0.1) is 0 Å². The number of amides is 1. The zero-order chi connectivity index (χ0) is 15.9. The Balaban J connectivity index is 1.85. The summed E-state index contributed by atoms with van der Waals surface area (Å²) >= 11 is 0. The molecule has 2 atom stereocenters. The third-order valence-corrected chi connectivity index (χ3v) is 3.72. The molecule has 22 heavy (non-hydrogen) atoms. The van der Waals surface area contributed by atoms with Gasteiger partial charge in [0.15, 0.2) is 0 Å². The second-order valence-electron chi connectivity index (χ2n) is 6.19. The topological polar surface area (TPSA) is 67.6 Å². The molecule has 2 unspecified atom stereocenters. The van der Waals surface area contributed by atoms with Crippen molar-refractivity contribution in [2.75, 3.05) is 19.7 Å². The average Bonchev–Trinajstić information content (AvgIpc) is 2.45. The van der Waals surface area contributed by atoms with Crippen LogP contribution in [-0.2, 0) is 22.6 Å². The lowest BCUT2D eigenvalue weighted by Gasteiger charge is -2.31. The zero-order valence-electron chi connectivity index (χ0n) is 13.5. The molecule has 122 valence electrons. The van der Waals surface area contributed by atoms with Gasteiger partial charge in [-0.25, -0.2) is 0 Å². The number of morpholine rings is 1. The molecule has 0 spiro atoms. The standard InChI is InChI=1S/C17H27N3O2/c1-13(18)8-17(21)19-10-15-4-3-5-16(9-15)12-20-6-7-22-14(2)11-20/h3-5,9,13-14H,6-8,10-12,18H2,1-2H3,(H,19,21). The second kappa shape index (κ2) is 8.27. The van der Waals surface area contributed by atoms with Gasteiger partial charge in [0.25, 0.3) is 0 Å². The van der Waals surface area contributed by atoms with Crippen LogP contribution in [0.2, 0.25) is 0 Å². The van der Waals surface area contributed by atoms with Crippen molar-refractivity contribution in [2.45, 2.75) is 45.5 Å². The number of nitrogens with zero attached hydrogens (tertiary/aromatic N) is 1. The molecule has 1 amide bonds. The van der Waals surface area contributed by atoms with Crippen LogP contribution in [-0.4, -0.2) is 42.6 Å². The van der Waals surface area contributed by atoms with Crippen LogP contribution in [0.5, 0.6) is 0 Å². The van der Waals surface area contributed by atoms with Crippen molar-refractivity contribution in [2.24, 2.45) is 5.73 Å².